The minimum Gasteiger partial charge on any atom is -0.396 e. The zero-order valence-electron chi connectivity index (χ0n) is 5.99. The molecule has 0 radical (unpaired) electrons. The first-order valence-electron chi connectivity index (χ1n) is 3.30. The topological polar surface area (TPSA) is 50.9 Å². The Morgan fingerprint density at radius 3 is 3.00 bits per heavy atom. The average Bonchev–Trinajstić information content (AvgIpc) is 2.31. The molecule has 0 unspecified atom stereocenters. The number of aryl methyl sites for hydroxylation is 2. The van der Waals surface area contributed by atoms with Gasteiger partial charge in [-0.3, -0.25) is 4.68 Å². The Morgan fingerprint density at radius 2 is 2.50 bits per heavy atom. The molecule has 1 aromatic rings. The van der Waals surface area contributed by atoms with Gasteiger partial charge in [-0.1, -0.05) is 0 Å². The van der Waals surface area contributed by atoms with Gasteiger partial charge in [0.1, 0.15) is 12.2 Å². The van der Waals surface area contributed by atoms with Crippen LogP contribution in [0.5, 0.6) is 0 Å². The summed E-state index contributed by atoms with van der Waals surface area (Å²) in [5, 5.41) is 12.4. The first kappa shape index (κ1) is 7.21. The van der Waals surface area contributed by atoms with Gasteiger partial charge in [-0.15, -0.1) is 0 Å². The number of aliphatic hydroxyl groups excluding tert-OH is 1. The number of nitrogens with zero attached hydrogens (tertiary/aromatic N) is 3. The summed E-state index contributed by atoms with van der Waals surface area (Å²) in [6.45, 7) is 2.85. The van der Waals surface area contributed by atoms with Crippen molar-refractivity contribution in [3.63, 3.8) is 0 Å². The zero-order chi connectivity index (χ0) is 7.40. The summed E-state index contributed by atoms with van der Waals surface area (Å²) in [5.41, 5.74) is 0. The predicted octanol–water partition coefficient (Wildman–Crippen LogP) is -0.0311. The maximum absolute atomic E-state index is 8.49. The lowest BCUT2D eigenvalue weighted by atomic mass is 10.4. The summed E-state index contributed by atoms with van der Waals surface area (Å²) in [6.07, 6.45) is 2.26. The van der Waals surface area contributed by atoms with Gasteiger partial charge in [0.05, 0.1) is 0 Å². The lowest BCUT2D eigenvalue weighted by Gasteiger charge is -1.98. The Bertz CT molecular complexity index is 197. The molecular formula is C6H11N3O. The molecule has 0 aliphatic heterocycles. The van der Waals surface area contributed by atoms with Gasteiger partial charge in [0.15, 0.2) is 0 Å². The number of hydrogen-bond acceptors (Lipinski definition) is 3. The minimum atomic E-state index is 0.208. The van der Waals surface area contributed by atoms with Crippen LogP contribution in [0.1, 0.15) is 12.2 Å². The van der Waals surface area contributed by atoms with Crippen molar-refractivity contribution in [2.24, 2.45) is 0 Å². The third kappa shape index (κ3) is 1.54. The first-order chi connectivity index (χ1) is 4.84. The summed E-state index contributed by atoms with van der Waals surface area (Å²) in [6, 6.07) is 0. The second-order valence-electron chi connectivity index (χ2n) is 2.11. The molecule has 0 saturated heterocycles. The molecule has 0 atom stereocenters. The fourth-order valence-electron chi connectivity index (χ4n) is 0.762. The van der Waals surface area contributed by atoms with Crippen LogP contribution in [-0.4, -0.2) is 26.5 Å². The van der Waals surface area contributed by atoms with Crippen LogP contribution in [0, 0.1) is 6.92 Å². The molecule has 0 aliphatic carbocycles. The highest BCUT2D eigenvalue weighted by atomic mass is 16.3. The molecule has 0 bridgehead atoms. The van der Waals surface area contributed by atoms with Crippen LogP contribution in [0.25, 0.3) is 0 Å². The van der Waals surface area contributed by atoms with Crippen LogP contribution < -0.4 is 0 Å². The second kappa shape index (κ2) is 3.31. The van der Waals surface area contributed by atoms with Gasteiger partial charge in [0.2, 0.25) is 0 Å². The van der Waals surface area contributed by atoms with Crippen molar-refractivity contribution in [2.45, 2.75) is 19.9 Å². The molecule has 0 fully saturated rings. The molecular weight excluding hydrogens is 130 g/mol. The largest absolute Gasteiger partial charge is 0.396 e. The fraction of sp³-hybridized carbons (Fsp3) is 0.667. The molecule has 1 aromatic heterocycles. The molecule has 0 aliphatic rings. The number of hydrogen-bond donors (Lipinski definition) is 1. The normalized spacial score (nSPS) is 10.2. The molecule has 1 N–H and O–H groups in total. The summed E-state index contributed by atoms with van der Waals surface area (Å²) >= 11 is 0. The maximum Gasteiger partial charge on any atom is 0.138 e. The van der Waals surface area contributed by atoms with E-state index in [1.54, 1.807) is 4.68 Å². The quantitative estimate of drug-likeness (QED) is 0.643. The molecule has 0 amide bonds. The maximum atomic E-state index is 8.49. The molecule has 0 saturated carbocycles. The number of aliphatic hydroxyl groups is 1. The lowest BCUT2D eigenvalue weighted by Crippen LogP contribution is -2.03. The summed E-state index contributed by atoms with van der Waals surface area (Å²) in [7, 11) is 0. The highest BCUT2D eigenvalue weighted by Gasteiger charge is 1.95. The van der Waals surface area contributed by atoms with Gasteiger partial charge in [-0.2, -0.15) is 5.10 Å². The van der Waals surface area contributed by atoms with Crippen molar-refractivity contribution in [1.82, 2.24) is 14.8 Å². The molecule has 1 heterocycles. The van der Waals surface area contributed by atoms with Gasteiger partial charge in [-0.25, -0.2) is 4.98 Å². The SMILES string of the molecule is Cc1ncnn1CCCO. The van der Waals surface area contributed by atoms with Crippen molar-refractivity contribution >= 4 is 0 Å². The van der Waals surface area contributed by atoms with E-state index in [1.807, 2.05) is 6.92 Å². The molecule has 0 aromatic carbocycles. The molecule has 4 heteroatoms. The summed E-state index contributed by atoms with van der Waals surface area (Å²) < 4.78 is 1.77. The highest BCUT2D eigenvalue weighted by molar-refractivity contribution is 4.77. The van der Waals surface area contributed by atoms with E-state index in [0.29, 0.717) is 0 Å². The van der Waals surface area contributed by atoms with E-state index < -0.39 is 0 Å². The third-order valence-corrected chi connectivity index (χ3v) is 1.34. The minimum absolute atomic E-state index is 0.208. The van der Waals surface area contributed by atoms with Crippen LogP contribution in [0.15, 0.2) is 6.33 Å². The van der Waals surface area contributed by atoms with Crippen molar-refractivity contribution in [3.8, 4) is 0 Å². The van der Waals surface area contributed by atoms with E-state index >= 15 is 0 Å². The fourth-order valence-corrected chi connectivity index (χ4v) is 0.762. The summed E-state index contributed by atoms with van der Waals surface area (Å²) in [4.78, 5) is 3.94. The van der Waals surface area contributed by atoms with Gasteiger partial charge in [0.25, 0.3) is 0 Å². The van der Waals surface area contributed by atoms with E-state index in [9.17, 15) is 0 Å². The Balaban J connectivity index is 2.49. The highest BCUT2D eigenvalue weighted by Crippen LogP contribution is 1.91. The Morgan fingerprint density at radius 1 is 1.70 bits per heavy atom. The van der Waals surface area contributed by atoms with E-state index in [-0.39, 0.29) is 6.61 Å². The Hall–Kier alpha value is -0.900. The van der Waals surface area contributed by atoms with Gasteiger partial charge >= 0.3 is 0 Å². The Kier molecular flexibility index (Phi) is 2.39. The molecule has 10 heavy (non-hydrogen) atoms. The smallest absolute Gasteiger partial charge is 0.138 e. The van der Waals surface area contributed by atoms with Gasteiger partial charge in [-0.05, 0) is 13.3 Å². The van der Waals surface area contributed by atoms with Gasteiger partial charge < -0.3 is 5.11 Å². The van der Waals surface area contributed by atoms with Crippen LogP contribution in [-0.2, 0) is 6.54 Å². The van der Waals surface area contributed by atoms with E-state index in [0.717, 1.165) is 18.8 Å². The van der Waals surface area contributed by atoms with Crippen LogP contribution >= 0.6 is 0 Å². The molecule has 1 rings (SSSR count). The van der Waals surface area contributed by atoms with Gasteiger partial charge in [0, 0.05) is 13.2 Å². The lowest BCUT2D eigenvalue weighted by molar-refractivity contribution is 0.276. The van der Waals surface area contributed by atoms with E-state index in [4.69, 9.17) is 5.11 Å². The standard InChI is InChI=1S/C6H11N3O/c1-6-7-5-8-9(6)3-2-4-10/h5,10H,2-4H2,1H3. The number of aromatic nitrogens is 3. The molecule has 0 spiro atoms. The zero-order valence-corrected chi connectivity index (χ0v) is 5.99. The third-order valence-electron chi connectivity index (χ3n) is 1.34. The van der Waals surface area contributed by atoms with Crippen molar-refractivity contribution in [1.29, 1.82) is 0 Å². The Labute approximate surface area is 59.5 Å². The van der Waals surface area contributed by atoms with E-state index in [1.165, 1.54) is 6.33 Å². The van der Waals surface area contributed by atoms with E-state index in [2.05, 4.69) is 10.1 Å². The van der Waals surface area contributed by atoms with Crippen molar-refractivity contribution in [3.05, 3.63) is 12.2 Å². The monoisotopic (exact) mass is 141 g/mol. The predicted molar refractivity (Wildman–Crippen MR) is 36.5 cm³/mol. The first-order valence-corrected chi connectivity index (χ1v) is 3.30. The van der Waals surface area contributed by atoms with Crippen molar-refractivity contribution in [2.75, 3.05) is 6.61 Å². The molecule has 56 valence electrons. The van der Waals surface area contributed by atoms with Crippen molar-refractivity contribution < 1.29 is 5.11 Å². The van der Waals surface area contributed by atoms with Crippen LogP contribution in [0.3, 0.4) is 0 Å². The average molecular weight is 141 g/mol. The molecule has 4 nitrogen and oxygen atoms in total. The summed E-state index contributed by atoms with van der Waals surface area (Å²) in [5.74, 6) is 0.897. The second-order valence-corrected chi connectivity index (χ2v) is 2.11. The van der Waals surface area contributed by atoms with Crippen LogP contribution in [0.4, 0.5) is 0 Å². The number of rotatable bonds is 3. The van der Waals surface area contributed by atoms with Crippen LogP contribution in [0.2, 0.25) is 0 Å².